The Kier molecular flexibility index (Phi) is 12.6. The molecule has 1 aliphatic rings. The lowest BCUT2D eigenvalue weighted by atomic mass is 9.89. The number of aryl methyl sites for hydroxylation is 2. The van der Waals surface area contributed by atoms with E-state index in [4.69, 9.17) is 26.1 Å². The minimum atomic E-state index is -0.258. The molecule has 2 amide bonds. The number of fused-ring (bicyclic) bond motifs is 1. The Balaban J connectivity index is 0.000000262. The molecule has 3 N–H and O–H groups in total. The van der Waals surface area contributed by atoms with Gasteiger partial charge in [0.2, 0.25) is 12.8 Å². The van der Waals surface area contributed by atoms with E-state index in [1.54, 1.807) is 19.2 Å². The number of carbonyl (C=O) groups excluding carboxylic acids is 2. The molecular weight excluding hydrogens is 567 g/mol. The summed E-state index contributed by atoms with van der Waals surface area (Å²) in [6.45, 7) is 9.47. The quantitative estimate of drug-likeness (QED) is 0.204. The summed E-state index contributed by atoms with van der Waals surface area (Å²) in [7, 11) is 1.70. The van der Waals surface area contributed by atoms with Gasteiger partial charge in [0, 0.05) is 48.3 Å². The van der Waals surface area contributed by atoms with Crippen molar-refractivity contribution in [3.8, 4) is 11.3 Å². The lowest BCUT2D eigenvalue weighted by Crippen LogP contribution is -2.23. The third-order valence-electron chi connectivity index (χ3n) is 7.41. The van der Waals surface area contributed by atoms with Gasteiger partial charge in [0.15, 0.2) is 0 Å². The Morgan fingerprint density at radius 1 is 1.09 bits per heavy atom. The molecular formula is C34H40ClFN4O3. The molecule has 1 aliphatic carbocycles. The van der Waals surface area contributed by atoms with E-state index in [0.717, 1.165) is 63.3 Å². The minimum absolute atomic E-state index is 0.198. The Morgan fingerprint density at radius 3 is 2.35 bits per heavy atom. The Labute approximate surface area is 258 Å². The lowest BCUT2D eigenvalue weighted by molar-refractivity contribution is -0.109. The number of nitrogens with zero attached hydrogens (tertiary/aromatic N) is 2. The zero-order valence-electron chi connectivity index (χ0n) is 25.4. The summed E-state index contributed by atoms with van der Waals surface area (Å²) < 4.78 is 18.8. The van der Waals surface area contributed by atoms with Gasteiger partial charge in [0.1, 0.15) is 5.82 Å². The highest BCUT2D eigenvalue weighted by Crippen LogP contribution is 2.43. The Morgan fingerprint density at radius 2 is 1.74 bits per heavy atom. The van der Waals surface area contributed by atoms with Crippen LogP contribution >= 0.6 is 11.6 Å². The average molecular weight is 607 g/mol. The Hall–Kier alpha value is -3.88. The molecule has 2 atom stereocenters. The molecule has 4 aromatic rings. The number of hydrogen-bond donors (Lipinski definition) is 2. The summed E-state index contributed by atoms with van der Waals surface area (Å²) in [6.07, 6.45) is 5.16. The second kappa shape index (κ2) is 16.1. The number of methoxy groups -OCH3 is 1. The fourth-order valence-corrected chi connectivity index (χ4v) is 5.55. The number of nitrogens with one attached hydrogen (secondary N) is 1. The van der Waals surface area contributed by atoms with Gasteiger partial charge in [-0.25, -0.2) is 4.39 Å². The van der Waals surface area contributed by atoms with Gasteiger partial charge in [-0.2, -0.15) is 0 Å². The topological polar surface area (TPSA) is 107 Å². The van der Waals surface area contributed by atoms with Crippen molar-refractivity contribution in [3.63, 3.8) is 0 Å². The van der Waals surface area contributed by atoms with Crippen LogP contribution in [0.3, 0.4) is 0 Å². The number of aromatic nitrogens is 2. The van der Waals surface area contributed by atoms with Crippen molar-refractivity contribution < 1.29 is 18.7 Å². The highest BCUT2D eigenvalue weighted by atomic mass is 35.5. The predicted octanol–water partition coefficient (Wildman–Crippen LogP) is 6.79. The zero-order chi connectivity index (χ0) is 31.5. The van der Waals surface area contributed by atoms with Gasteiger partial charge in [-0.05, 0) is 110 Å². The van der Waals surface area contributed by atoms with Gasteiger partial charge in [0.05, 0.1) is 22.8 Å². The molecule has 2 aromatic carbocycles. The molecule has 2 heterocycles. The van der Waals surface area contributed by atoms with E-state index in [0.29, 0.717) is 19.1 Å². The van der Waals surface area contributed by atoms with Crippen LogP contribution in [0.1, 0.15) is 59.5 Å². The largest absolute Gasteiger partial charge is 0.384 e. The molecule has 5 rings (SSSR count). The standard InChI is InChI=1S/C22H27FN2O2.C11H10ClN.CH3NO/c1-14(12-27-3)19-10-21(20(11-24-13-26)16-4-5-16)25-22(15(19)2)17-6-8-18(23)9-7-17;1-7-3-9-4-8(2)6-13-11(9)10(12)5-7;2-1-3/h6-10,13-14,16,20H,4-5,11-12H2,1-3H3,(H,24,26);3-6H,1-2H3;1H,(H2,2,3). The second-order valence-corrected chi connectivity index (χ2v) is 11.3. The van der Waals surface area contributed by atoms with Crippen molar-refractivity contribution in [2.24, 2.45) is 11.7 Å². The van der Waals surface area contributed by atoms with E-state index < -0.39 is 0 Å². The van der Waals surface area contributed by atoms with Crippen LogP contribution in [0.4, 0.5) is 4.39 Å². The average Bonchev–Trinajstić information content (AvgIpc) is 3.80. The molecule has 228 valence electrons. The van der Waals surface area contributed by atoms with E-state index in [1.807, 2.05) is 26.1 Å². The molecule has 0 spiro atoms. The molecule has 1 saturated carbocycles. The number of primary amides is 1. The van der Waals surface area contributed by atoms with Crippen LogP contribution < -0.4 is 11.1 Å². The first-order chi connectivity index (χ1) is 20.6. The van der Waals surface area contributed by atoms with Gasteiger partial charge in [-0.15, -0.1) is 0 Å². The predicted molar refractivity (Wildman–Crippen MR) is 171 cm³/mol. The Bertz CT molecular complexity index is 1520. The lowest BCUT2D eigenvalue weighted by Gasteiger charge is -2.22. The molecule has 9 heteroatoms. The fraction of sp³-hybridized carbons (Fsp3) is 0.353. The van der Waals surface area contributed by atoms with Crippen LogP contribution in [0.25, 0.3) is 22.2 Å². The van der Waals surface area contributed by atoms with Crippen molar-refractivity contribution in [1.29, 1.82) is 0 Å². The molecule has 0 radical (unpaired) electrons. The van der Waals surface area contributed by atoms with Gasteiger partial charge < -0.3 is 15.8 Å². The SMILES string of the molecule is COCC(C)c1cc(C(CNC=O)C2CC2)nc(-c2ccc(F)cc2)c1C.Cc1cnc2c(Cl)cc(C)cc2c1.NC=O. The van der Waals surface area contributed by atoms with Gasteiger partial charge in [-0.1, -0.05) is 18.5 Å². The van der Waals surface area contributed by atoms with E-state index in [2.05, 4.69) is 48.1 Å². The third kappa shape index (κ3) is 9.30. The van der Waals surface area contributed by atoms with Gasteiger partial charge >= 0.3 is 0 Å². The monoisotopic (exact) mass is 606 g/mol. The van der Waals surface area contributed by atoms with Crippen LogP contribution in [-0.2, 0) is 14.3 Å². The summed E-state index contributed by atoms with van der Waals surface area (Å²) in [5.41, 5.74) is 12.4. The normalized spacial score (nSPS) is 13.6. The molecule has 0 saturated heterocycles. The maximum atomic E-state index is 13.4. The summed E-state index contributed by atoms with van der Waals surface area (Å²) in [5, 5.41) is 4.68. The number of pyridine rings is 2. The highest BCUT2D eigenvalue weighted by molar-refractivity contribution is 6.35. The number of nitrogens with two attached hydrogens (primary N) is 1. The van der Waals surface area contributed by atoms with Crippen molar-refractivity contribution in [3.05, 3.63) is 93.5 Å². The fourth-order valence-electron chi connectivity index (χ4n) is 5.22. The number of benzene rings is 2. The van der Waals surface area contributed by atoms with Crippen LogP contribution in [0, 0.1) is 32.5 Å². The number of ether oxygens (including phenoxy) is 1. The molecule has 7 nitrogen and oxygen atoms in total. The van der Waals surface area contributed by atoms with Crippen molar-refractivity contribution in [1.82, 2.24) is 15.3 Å². The van der Waals surface area contributed by atoms with E-state index in [1.165, 1.54) is 23.3 Å². The molecule has 2 aromatic heterocycles. The van der Waals surface area contributed by atoms with Crippen molar-refractivity contribution >= 4 is 35.3 Å². The molecule has 1 fully saturated rings. The highest BCUT2D eigenvalue weighted by Gasteiger charge is 2.34. The van der Waals surface area contributed by atoms with Crippen molar-refractivity contribution in [2.75, 3.05) is 20.3 Å². The van der Waals surface area contributed by atoms with Gasteiger partial charge in [-0.3, -0.25) is 19.6 Å². The molecule has 43 heavy (non-hydrogen) atoms. The van der Waals surface area contributed by atoms with Crippen LogP contribution in [0.15, 0.2) is 54.7 Å². The van der Waals surface area contributed by atoms with Crippen LogP contribution in [-0.4, -0.2) is 43.0 Å². The number of carbonyl (C=O) groups is 2. The smallest absolute Gasteiger partial charge is 0.207 e. The third-order valence-corrected chi connectivity index (χ3v) is 7.70. The zero-order valence-corrected chi connectivity index (χ0v) is 26.1. The number of hydrogen-bond acceptors (Lipinski definition) is 5. The number of rotatable bonds is 9. The first-order valence-electron chi connectivity index (χ1n) is 14.2. The second-order valence-electron chi connectivity index (χ2n) is 10.9. The minimum Gasteiger partial charge on any atom is -0.384 e. The maximum Gasteiger partial charge on any atom is 0.207 e. The first kappa shape index (κ1) is 33.6. The summed E-state index contributed by atoms with van der Waals surface area (Å²) in [6, 6.07) is 14.8. The number of halogens is 2. The molecule has 0 bridgehead atoms. The summed E-state index contributed by atoms with van der Waals surface area (Å²) in [4.78, 5) is 28.7. The van der Waals surface area contributed by atoms with Gasteiger partial charge in [0.25, 0.3) is 0 Å². The molecule has 2 unspecified atom stereocenters. The summed E-state index contributed by atoms with van der Waals surface area (Å²) >= 11 is 6.05. The maximum absolute atomic E-state index is 13.4. The van der Waals surface area contributed by atoms with Crippen LogP contribution in [0.2, 0.25) is 5.02 Å². The van der Waals surface area contributed by atoms with E-state index >= 15 is 0 Å². The van der Waals surface area contributed by atoms with E-state index in [-0.39, 0.29) is 24.1 Å². The van der Waals surface area contributed by atoms with Crippen molar-refractivity contribution in [2.45, 2.75) is 52.4 Å². The van der Waals surface area contributed by atoms with Crippen LogP contribution in [0.5, 0.6) is 0 Å². The number of amides is 2. The van der Waals surface area contributed by atoms with E-state index in [9.17, 15) is 9.18 Å². The first-order valence-corrected chi connectivity index (χ1v) is 14.6. The summed E-state index contributed by atoms with van der Waals surface area (Å²) in [5.74, 6) is 0.712. The molecule has 0 aliphatic heterocycles.